The largest absolute Gasteiger partial charge is 0.497 e. The highest BCUT2D eigenvalue weighted by Gasteiger charge is 2.74. The molecule has 0 saturated heterocycles. The molecule has 8 nitrogen and oxygen atoms in total. The van der Waals surface area contributed by atoms with Crippen LogP contribution in [0.15, 0.2) is 63.7 Å². The van der Waals surface area contributed by atoms with Gasteiger partial charge in [0.05, 0.1) is 25.9 Å². The van der Waals surface area contributed by atoms with Gasteiger partial charge in [0.25, 0.3) is 10.0 Å². The molecule has 10 heteroatoms. The molecule has 2 spiro atoms. The smallest absolute Gasteiger partial charge is 0.252 e. The van der Waals surface area contributed by atoms with Gasteiger partial charge >= 0.3 is 0 Å². The van der Waals surface area contributed by atoms with Gasteiger partial charge in [-0.25, -0.2) is 8.42 Å². The van der Waals surface area contributed by atoms with Gasteiger partial charge < -0.3 is 19.7 Å². The van der Waals surface area contributed by atoms with Crippen molar-refractivity contribution in [3.05, 3.63) is 65.1 Å². The van der Waals surface area contributed by atoms with Gasteiger partial charge in [0, 0.05) is 52.5 Å². The van der Waals surface area contributed by atoms with Gasteiger partial charge in [-0.05, 0) is 92.6 Å². The number of sulfonamides is 1. The van der Waals surface area contributed by atoms with Crippen LogP contribution in [-0.4, -0.2) is 61.2 Å². The van der Waals surface area contributed by atoms with E-state index in [2.05, 4.69) is 32.1 Å². The summed E-state index contributed by atoms with van der Waals surface area (Å²) in [7, 11) is -0.847. The number of carbonyl (C=O) groups is 1. The Morgan fingerprint density at radius 3 is 2.38 bits per heavy atom. The van der Waals surface area contributed by atoms with Gasteiger partial charge in [0.1, 0.15) is 15.7 Å². The Morgan fingerprint density at radius 2 is 1.67 bits per heavy atom. The summed E-state index contributed by atoms with van der Waals surface area (Å²) >= 11 is 1.18. The van der Waals surface area contributed by atoms with E-state index >= 15 is 0 Å². The van der Waals surface area contributed by atoms with Crippen LogP contribution in [0.2, 0.25) is 0 Å². The molecule has 2 N–H and O–H groups in total. The second kappa shape index (κ2) is 12.8. The molecule has 7 aliphatic rings. The molecule has 0 radical (unpaired) electrons. The fraction of sp³-hybridized carbons (Fsp3) is 0.643. The number of aliphatic hydroxyl groups excluding tert-OH is 1. The maximum Gasteiger partial charge on any atom is 0.252 e. The van der Waals surface area contributed by atoms with E-state index in [1.54, 1.807) is 43.9 Å². The molecule has 2 bridgehead atoms. The normalized spacial score (nSPS) is 38.4. The summed E-state index contributed by atoms with van der Waals surface area (Å²) in [5.41, 5.74) is -1.39. The van der Waals surface area contributed by atoms with Crippen molar-refractivity contribution < 1.29 is 32.9 Å². The van der Waals surface area contributed by atoms with Crippen molar-refractivity contribution in [3.63, 3.8) is 0 Å². The second-order valence-electron chi connectivity index (χ2n) is 17.4. The van der Waals surface area contributed by atoms with Crippen molar-refractivity contribution in [2.24, 2.45) is 39.4 Å². The number of hydrogen-bond donors (Lipinski definition) is 2. The molecule has 8 atom stereocenters. The highest BCUT2D eigenvalue weighted by Crippen LogP contribution is 2.78. The summed E-state index contributed by atoms with van der Waals surface area (Å²) in [5, 5.41) is 26.0. The summed E-state index contributed by atoms with van der Waals surface area (Å²) in [6.07, 6.45) is 16.8. The predicted molar refractivity (Wildman–Crippen MR) is 202 cm³/mol. The van der Waals surface area contributed by atoms with E-state index < -0.39 is 32.6 Å². The van der Waals surface area contributed by atoms with Crippen LogP contribution in [0.25, 0.3) is 0 Å². The number of ketones is 1. The van der Waals surface area contributed by atoms with Gasteiger partial charge in [0.15, 0.2) is 5.78 Å². The van der Waals surface area contributed by atoms with Crippen molar-refractivity contribution in [3.8, 4) is 11.5 Å². The number of fused-ring (bicyclic) bond motifs is 1. The van der Waals surface area contributed by atoms with Crippen molar-refractivity contribution in [2.45, 2.75) is 113 Å². The maximum absolute atomic E-state index is 14.9. The molecule has 8 unspecified atom stereocenters. The lowest BCUT2D eigenvalue weighted by Crippen LogP contribution is -2.67. The average molecular weight is 750 g/mol. The van der Waals surface area contributed by atoms with E-state index in [1.165, 1.54) is 22.1 Å². The molecule has 4 fully saturated rings. The molecule has 1 heterocycles. The predicted octanol–water partition coefficient (Wildman–Crippen LogP) is 7.70. The van der Waals surface area contributed by atoms with Gasteiger partial charge in [-0.15, -0.1) is 11.3 Å². The molecule has 1 aromatic carbocycles. The number of thiophene rings is 1. The SMILES string of the molecule is COc1ccc(CN(CC2(O)CCC3C45C=CC6(C=C4C(=O)C4CCCCC4)CC(O)CCC6(C)C5CCC32C)S(=O)(=O)c2cccs2)c(OC)c1. The first-order valence-corrected chi connectivity index (χ1v) is 21.7. The maximum atomic E-state index is 14.9. The number of aliphatic hydroxyl groups is 2. The standard InChI is InChI=1S/C42H55NO7S2/c1-38-17-14-30(44)24-40(38)20-21-42(32(25-40)37(45)28-9-6-5-7-10-28)34(38)15-18-39(2)35(42)16-19-41(39,46)27-43(52(47,48)36-11-8-22-51-36)26-29-12-13-31(49-3)23-33(29)50-4/h8,11-13,20-23,25,28,30,34-35,44,46H,5-7,9-10,14-19,24,26-27H2,1-4H3. The molecular weight excluding hydrogens is 695 g/mol. The lowest BCUT2D eigenvalue weighted by Gasteiger charge is -2.71. The summed E-state index contributed by atoms with van der Waals surface area (Å²) in [5.74, 6) is 1.59. The Bertz CT molecular complexity index is 1880. The lowest BCUT2D eigenvalue weighted by atomic mass is 9.32. The molecule has 1 aromatic heterocycles. The third-order valence-corrected chi connectivity index (χ3v) is 18.5. The van der Waals surface area contributed by atoms with E-state index in [9.17, 15) is 23.4 Å². The van der Waals surface area contributed by atoms with E-state index in [0.29, 0.717) is 36.3 Å². The van der Waals surface area contributed by atoms with Crippen molar-refractivity contribution in [1.29, 1.82) is 0 Å². The third-order valence-electron chi connectivity index (χ3n) is 15.3. The van der Waals surface area contributed by atoms with E-state index in [0.717, 1.165) is 56.9 Å². The van der Waals surface area contributed by atoms with Crippen LogP contribution < -0.4 is 9.47 Å². The molecule has 282 valence electrons. The molecular formula is C42H55NO7S2. The minimum Gasteiger partial charge on any atom is -0.497 e. The quantitative estimate of drug-likeness (QED) is 0.240. The number of carbonyl (C=O) groups excluding carboxylic acids is 1. The molecule has 7 aliphatic carbocycles. The highest BCUT2D eigenvalue weighted by atomic mass is 32.2. The first-order chi connectivity index (χ1) is 24.8. The number of allylic oxidation sites excluding steroid dienone is 4. The van der Waals surface area contributed by atoms with Crippen molar-refractivity contribution >= 4 is 27.1 Å². The zero-order valence-electron chi connectivity index (χ0n) is 31.1. The third kappa shape index (κ3) is 5.13. The van der Waals surface area contributed by atoms with Crippen molar-refractivity contribution in [2.75, 3.05) is 20.8 Å². The van der Waals surface area contributed by atoms with E-state index in [1.807, 2.05) is 6.07 Å². The van der Waals surface area contributed by atoms with Crippen LogP contribution in [0.3, 0.4) is 0 Å². The van der Waals surface area contributed by atoms with Crippen LogP contribution in [0.4, 0.5) is 0 Å². The van der Waals surface area contributed by atoms with Crippen LogP contribution in [-0.2, 0) is 21.4 Å². The Balaban J connectivity index is 1.21. The number of nitrogens with zero attached hydrogens (tertiary/aromatic N) is 1. The number of rotatable bonds is 10. The lowest BCUT2D eigenvalue weighted by molar-refractivity contribution is -0.177. The molecule has 9 rings (SSSR count). The fourth-order valence-corrected chi connectivity index (χ4v) is 15.0. The minimum absolute atomic E-state index is 0.0123. The molecule has 4 saturated carbocycles. The molecule has 52 heavy (non-hydrogen) atoms. The van der Waals surface area contributed by atoms with E-state index in [4.69, 9.17) is 9.47 Å². The monoisotopic (exact) mass is 749 g/mol. The van der Waals surface area contributed by atoms with Gasteiger partial charge in [-0.3, -0.25) is 4.79 Å². The molecule has 2 aromatic rings. The number of Topliss-reactive ketones (excluding diaryl/α,β-unsaturated/α-hetero) is 1. The minimum atomic E-state index is -3.99. The summed E-state index contributed by atoms with van der Waals surface area (Å²) in [4.78, 5) is 14.9. The van der Waals surface area contributed by atoms with Gasteiger partial charge in [0.2, 0.25) is 0 Å². The Hall–Kier alpha value is -2.50. The van der Waals surface area contributed by atoms with Crippen LogP contribution in [0.1, 0.15) is 96.5 Å². The topological polar surface area (TPSA) is 113 Å². The summed E-state index contributed by atoms with van der Waals surface area (Å²) in [6.45, 7) is 4.54. The zero-order chi connectivity index (χ0) is 36.7. The second-order valence-corrected chi connectivity index (χ2v) is 20.5. The Labute approximate surface area is 313 Å². The number of benzene rings is 1. The van der Waals surface area contributed by atoms with E-state index in [-0.39, 0.29) is 51.7 Å². The van der Waals surface area contributed by atoms with Gasteiger partial charge in [-0.1, -0.05) is 63.5 Å². The van der Waals surface area contributed by atoms with Gasteiger partial charge in [-0.2, -0.15) is 4.31 Å². The first kappa shape index (κ1) is 36.5. The summed E-state index contributed by atoms with van der Waals surface area (Å²) in [6, 6.07) is 8.76. The number of methoxy groups -OCH3 is 2. The summed E-state index contributed by atoms with van der Waals surface area (Å²) < 4.78 is 41.8. The first-order valence-electron chi connectivity index (χ1n) is 19.4. The Kier molecular flexibility index (Phi) is 8.97. The van der Waals surface area contributed by atoms with Crippen LogP contribution in [0, 0.1) is 39.4 Å². The molecule has 0 amide bonds. The average Bonchev–Trinajstić information content (AvgIpc) is 3.79. The van der Waals surface area contributed by atoms with Crippen LogP contribution in [0.5, 0.6) is 11.5 Å². The Morgan fingerprint density at radius 1 is 0.942 bits per heavy atom. The van der Waals surface area contributed by atoms with Crippen molar-refractivity contribution in [1.82, 2.24) is 4.31 Å². The van der Waals surface area contributed by atoms with Crippen LogP contribution >= 0.6 is 11.3 Å². The highest BCUT2D eigenvalue weighted by molar-refractivity contribution is 7.91. The number of hydrogen-bond acceptors (Lipinski definition) is 8. The fourth-order valence-electron chi connectivity index (χ4n) is 12.4. The number of ether oxygens (including phenoxy) is 2. The molecule has 0 aliphatic heterocycles. The zero-order valence-corrected chi connectivity index (χ0v) is 32.7.